The summed E-state index contributed by atoms with van der Waals surface area (Å²) in [5.41, 5.74) is 10.1. The Labute approximate surface area is 188 Å². The fourth-order valence-electron chi connectivity index (χ4n) is 3.71. The Morgan fingerprint density at radius 1 is 1.32 bits per heavy atom. The van der Waals surface area contributed by atoms with Crippen molar-refractivity contribution in [1.82, 2.24) is 4.90 Å². The highest BCUT2D eigenvalue weighted by Crippen LogP contribution is 2.41. The zero-order chi connectivity index (χ0) is 23.2. The molecule has 2 N–H and O–H groups in total. The van der Waals surface area contributed by atoms with E-state index in [2.05, 4.69) is 44.0 Å². The van der Waals surface area contributed by atoms with Crippen LogP contribution in [0.4, 0.5) is 4.79 Å². The lowest BCUT2D eigenvalue weighted by molar-refractivity contribution is 0.0304. The van der Waals surface area contributed by atoms with Crippen molar-refractivity contribution < 1.29 is 9.53 Å². The molecule has 0 radical (unpaired) electrons. The number of rotatable bonds is 9. The Morgan fingerprint density at radius 3 is 2.58 bits per heavy atom. The van der Waals surface area contributed by atoms with Crippen LogP contribution in [-0.4, -0.2) is 42.9 Å². The minimum Gasteiger partial charge on any atom is -0.444 e. The van der Waals surface area contributed by atoms with Crippen LogP contribution in [0.1, 0.15) is 64.2 Å². The van der Waals surface area contributed by atoms with Crippen molar-refractivity contribution in [2.24, 2.45) is 28.5 Å². The average molecular weight is 428 g/mol. The van der Waals surface area contributed by atoms with Gasteiger partial charge < -0.3 is 15.4 Å². The number of aryl methyl sites for hydroxylation is 1. The number of ether oxygens (including phenoxy) is 1. The Hall–Kier alpha value is -2.30. The zero-order valence-corrected chi connectivity index (χ0v) is 20.4. The number of allylic oxidation sites excluding steroid dienone is 1. The van der Waals surface area contributed by atoms with E-state index < -0.39 is 5.60 Å². The molecule has 5 heteroatoms. The molecule has 1 saturated carbocycles. The Morgan fingerprint density at radius 2 is 2.00 bits per heavy atom. The maximum atomic E-state index is 12.0. The maximum absolute atomic E-state index is 12.0. The number of aliphatic imine (C=N–C) groups is 1. The normalized spacial score (nSPS) is 16.9. The monoisotopic (exact) mass is 427 g/mol. The summed E-state index contributed by atoms with van der Waals surface area (Å²) in [6.07, 6.45) is 6.94. The van der Waals surface area contributed by atoms with Crippen molar-refractivity contribution in [1.29, 1.82) is 0 Å². The van der Waals surface area contributed by atoms with Gasteiger partial charge in [-0.1, -0.05) is 32.0 Å². The van der Waals surface area contributed by atoms with E-state index in [1.807, 2.05) is 20.8 Å². The molecule has 1 aliphatic rings. The van der Waals surface area contributed by atoms with Crippen LogP contribution < -0.4 is 5.73 Å². The first-order valence-corrected chi connectivity index (χ1v) is 11.5. The van der Waals surface area contributed by atoms with Gasteiger partial charge >= 0.3 is 6.09 Å². The molecule has 1 aromatic carbocycles. The third-order valence-electron chi connectivity index (χ3n) is 6.17. The lowest BCUT2D eigenvalue weighted by Gasteiger charge is -2.24. The average Bonchev–Trinajstić information content (AvgIpc) is 3.53. The molecule has 0 heterocycles. The Bertz CT molecular complexity index is 803. The van der Waals surface area contributed by atoms with Crippen LogP contribution in [-0.2, 0) is 11.2 Å². The molecule has 0 bridgehead atoms. The molecular weight excluding hydrogens is 386 g/mol. The number of carbonyl (C=O) groups excluding carboxylic acids is 1. The molecule has 1 amide bonds. The predicted molar refractivity (Wildman–Crippen MR) is 130 cm³/mol. The number of carbonyl (C=O) groups is 1. The summed E-state index contributed by atoms with van der Waals surface area (Å²) in [6.45, 7) is 13.5. The van der Waals surface area contributed by atoms with E-state index in [9.17, 15) is 4.79 Å². The van der Waals surface area contributed by atoms with Crippen molar-refractivity contribution in [3.63, 3.8) is 0 Å². The van der Waals surface area contributed by atoms with Gasteiger partial charge in [-0.15, -0.1) is 0 Å². The topological polar surface area (TPSA) is 67.9 Å². The van der Waals surface area contributed by atoms with Crippen molar-refractivity contribution >= 4 is 17.9 Å². The van der Waals surface area contributed by atoms with Crippen LogP contribution in [0, 0.1) is 24.7 Å². The highest BCUT2D eigenvalue weighted by atomic mass is 16.6. The minimum absolute atomic E-state index is 0.338. The van der Waals surface area contributed by atoms with Crippen LogP contribution in [0.2, 0.25) is 0 Å². The molecule has 2 rings (SSSR count). The molecule has 1 aliphatic carbocycles. The maximum Gasteiger partial charge on any atom is 0.410 e. The second-order valence-electron chi connectivity index (χ2n) is 10.1. The summed E-state index contributed by atoms with van der Waals surface area (Å²) >= 11 is 0. The molecule has 172 valence electrons. The van der Waals surface area contributed by atoms with E-state index in [4.69, 9.17) is 10.5 Å². The number of nitrogens with zero attached hydrogens (tertiary/aromatic N) is 2. The lowest BCUT2D eigenvalue weighted by atomic mass is 9.84. The van der Waals surface area contributed by atoms with Gasteiger partial charge in [-0.3, -0.25) is 4.99 Å². The minimum atomic E-state index is -0.499. The molecule has 2 atom stereocenters. The number of amides is 1. The number of nitrogens with two attached hydrogens (primary N) is 1. The third-order valence-corrected chi connectivity index (χ3v) is 6.17. The van der Waals surface area contributed by atoms with Gasteiger partial charge in [0.05, 0.1) is 6.54 Å². The van der Waals surface area contributed by atoms with E-state index in [-0.39, 0.29) is 6.09 Å². The summed E-state index contributed by atoms with van der Waals surface area (Å²) in [5, 5.41) is 0. The van der Waals surface area contributed by atoms with E-state index in [0.29, 0.717) is 19.0 Å². The van der Waals surface area contributed by atoms with E-state index >= 15 is 0 Å². The van der Waals surface area contributed by atoms with Crippen LogP contribution in [0.25, 0.3) is 5.57 Å². The molecule has 0 aliphatic heterocycles. The van der Waals surface area contributed by atoms with Gasteiger partial charge in [-0.05, 0) is 81.4 Å². The zero-order valence-electron chi connectivity index (χ0n) is 20.4. The summed E-state index contributed by atoms with van der Waals surface area (Å²) in [5.74, 6) is 2.36. The number of likely N-dealkylation sites (N-methyl/N-ethyl adjacent to an activating group) is 1. The van der Waals surface area contributed by atoms with Crippen LogP contribution in [0.3, 0.4) is 0 Å². The number of hydrogen-bond acceptors (Lipinski definition) is 4. The van der Waals surface area contributed by atoms with Gasteiger partial charge in [0, 0.05) is 31.6 Å². The largest absolute Gasteiger partial charge is 0.444 e. The van der Waals surface area contributed by atoms with E-state index in [1.165, 1.54) is 24.0 Å². The van der Waals surface area contributed by atoms with Crippen molar-refractivity contribution in [3.8, 4) is 0 Å². The first-order chi connectivity index (χ1) is 14.5. The summed E-state index contributed by atoms with van der Waals surface area (Å²) in [6, 6.07) is 6.53. The SMILES string of the molecule is Cc1ccc(C(C=NCCN(C)C(=O)OC(C)(C)C)=CN)cc1C[C@@H](C)[C@@H](C)C1CC1. The van der Waals surface area contributed by atoms with Crippen molar-refractivity contribution in [2.45, 2.75) is 66.4 Å². The van der Waals surface area contributed by atoms with Crippen LogP contribution in [0.5, 0.6) is 0 Å². The fraction of sp³-hybridized carbons (Fsp3) is 0.615. The highest BCUT2D eigenvalue weighted by Gasteiger charge is 2.31. The Balaban J connectivity index is 1.96. The lowest BCUT2D eigenvalue weighted by Crippen LogP contribution is -2.35. The first kappa shape index (κ1) is 25.0. The predicted octanol–water partition coefficient (Wildman–Crippen LogP) is 5.46. The first-order valence-electron chi connectivity index (χ1n) is 11.5. The number of hydrogen-bond donors (Lipinski definition) is 1. The Kier molecular flexibility index (Phi) is 8.72. The highest BCUT2D eigenvalue weighted by molar-refractivity contribution is 6.09. The van der Waals surface area contributed by atoms with Crippen LogP contribution in [0.15, 0.2) is 29.4 Å². The smallest absolute Gasteiger partial charge is 0.410 e. The van der Waals surface area contributed by atoms with Crippen LogP contribution >= 0.6 is 0 Å². The third kappa shape index (κ3) is 8.04. The van der Waals surface area contributed by atoms with E-state index in [0.717, 1.165) is 29.4 Å². The quantitative estimate of drug-likeness (QED) is 0.532. The molecule has 0 aromatic heterocycles. The molecule has 1 fully saturated rings. The van der Waals surface area contributed by atoms with Gasteiger partial charge in [-0.25, -0.2) is 4.79 Å². The standard InChI is InChI=1S/C26H41N3O2/c1-18-8-9-22(15-23(18)14-19(2)20(3)21-10-11-21)24(16-27)17-28-12-13-29(7)25(30)31-26(4,5)6/h8-9,15-17,19-21H,10-14,27H2,1-7H3/t19-,20-/m1/s1. The molecule has 1 aromatic rings. The van der Waals surface area contributed by atoms with E-state index in [1.54, 1.807) is 24.4 Å². The van der Waals surface area contributed by atoms with Gasteiger partial charge in [0.25, 0.3) is 0 Å². The molecule has 0 spiro atoms. The molecule has 5 nitrogen and oxygen atoms in total. The van der Waals surface area contributed by atoms with Gasteiger partial charge in [0.2, 0.25) is 0 Å². The van der Waals surface area contributed by atoms with Crippen molar-refractivity contribution in [3.05, 3.63) is 41.1 Å². The summed E-state index contributed by atoms with van der Waals surface area (Å²) < 4.78 is 5.36. The second-order valence-corrected chi connectivity index (χ2v) is 10.1. The fourth-order valence-corrected chi connectivity index (χ4v) is 3.71. The second kappa shape index (κ2) is 10.8. The van der Waals surface area contributed by atoms with Crippen molar-refractivity contribution in [2.75, 3.05) is 20.1 Å². The molecular formula is C26H41N3O2. The summed E-state index contributed by atoms with van der Waals surface area (Å²) in [4.78, 5) is 18.1. The summed E-state index contributed by atoms with van der Waals surface area (Å²) in [7, 11) is 1.72. The van der Waals surface area contributed by atoms with Gasteiger partial charge in [0.1, 0.15) is 5.60 Å². The van der Waals surface area contributed by atoms with Gasteiger partial charge in [-0.2, -0.15) is 0 Å². The molecule has 0 unspecified atom stereocenters. The number of benzene rings is 1. The molecule has 0 saturated heterocycles. The molecule has 31 heavy (non-hydrogen) atoms. The van der Waals surface area contributed by atoms with Gasteiger partial charge in [0.15, 0.2) is 0 Å².